The Hall–Kier alpha value is -0.590. The minimum absolute atomic E-state index is 0.211. The first-order chi connectivity index (χ1) is 9.22. The number of hydrogen-bond donors (Lipinski definition) is 1. The van der Waals surface area contributed by atoms with E-state index < -0.39 is 5.76 Å². The number of nitrogens with one attached hydrogen (secondary N) is 1. The number of ether oxygens (including phenoxy) is 1. The van der Waals surface area contributed by atoms with E-state index in [-0.39, 0.29) is 5.75 Å². The average Bonchev–Trinajstić information content (AvgIpc) is 2.83. The highest BCUT2D eigenvalue weighted by Crippen LogP contribution is 2.21. The summed E-state index contributed by atoms with van der Waals surface area (Å²) >= 11 is 0.573. The van der Waals surface area contributed by atoms with E-state index in [9.17, 15) is 8.78 Å². The Bertz CT molecular complexity index is 334. The normalized spacial score (nSPS) is 11.4. The highest BCUT2D eigenvalue weighted by Gasteiger charge is 2.06. The largest absolute Gasteiger partial charge is 0.464 e. The molecule has 0 bridgehead atoms. The van der Waals surface area contributed by atoms with Crippen molar-refractivity contribution in [3.63, 3.8) is 0 Å². The summed E-state index contributed by atoms with van der Waals surface area (Å²) in [5.74, 6) is -0.773. The van der Waals surface area contributed by atoms with Crippen molar-refractivity contribution in [3.05, 3.63) is 23.7 Å². The Balaban J connectivity index is 2.06. The van der Waals surface area contributed by atoms with Gasteiger partial charge in [-0.25, -0.2) is 0 Å². The first-order valence-electron chi connectivity index (χ1n) is 6.48. The van der Waals surface area contributed by atoms with Gasteiger partial charge in [-0.15, -0.1) is 0 Å². The highest BCUT2D eigenvalue weighted by molar-refractivity contribution is 7.98. The van der Waals surface area contributed by atoms with Crippen LogP contribution >= 0.6 is 11.8 Å². The van der Waals surface area contributed by atoms with Crippen molar-refractivity contribution in [1.29, 1.82) is 0 Å². The molecule has 0 radical (unpaired) electrons. The highest BCUT2D eigenvalue weighted by atomic mass is 32.2. The van der Waals surface area contributed by atoms with Gasteiger partial charge in [-0.2, -0.15) is 8.78 Å². The molecule has 0 aliphatic rings. The summed E-state index contributed by atoms with van der Waals surface area (Å²) in [4.78, 5) is 0. The van der Waals surface area contributed by atoms with Crippen molar-refractivity contribution < 1.29 is 17.9 Å². The van der Waals surface area contributed by atoms with Crippen molar-refractivity contribution in [1.82, 2.24) is 5.32 Å². The van der Waals surface area contributed by atoms with Gasteiger partial charge in [-0.3, -0.25) is 0 Å². The van der Waals surface area contributed by atoms with Crippen LogP contribution in [0, 0.1) is 0 Å². The summed E-state index contributed by atoms with van der Waals surface area (Å²) < 4.78 is 34.8. The molecule has 0 spiro atoms. The molecule has 0 atom stereocenters. The van der Waals surface area contributed by atoms with Gasteiger partial charge in [0, 0.05) is 13.2 Å². The fourth-order valence-corrected chi connectivity index (χ4v) is 1.94. The molecule has 0 saturated carbocycles. The molecular weight excluding hydrogens is 272 g/mol. The fourth-order valence-electron chi connectivity index (χ4n) is 1.50. The number of rotatable bonds is 11. The van der Waals surface area contributed by atoms with E-state index in [1.165, 1.54) is 0 Å². The summed E-state index contributed by atoms with van der Waals surface area (Å²) in [5.41, 5.74) is 0. The van der Waals surface area contributed by atoms with E-state index >= 15 is 0 Å². The van der Waals surface area contributed by atoms with Crippen LogP contribution in [0.5, 0.6) is 0 Å². The molecule has 0 aliphatic carbocycles. The minimum Gasteiger partial charge on any atom is -0.464 e. The third-order valence-corrected chi connectivity index (χ3v) is 3.06. The summed E-state index contributed by atoms with van der Waals surface area (Å²) in [6, 6.07) is 3.57. The lowest BCUT2D eigenvalue weighted by molar-refractivity contribution is 0.132. The molecule has 0 aromatic carbocycles. The smallest absolute Gasteiger partial charge is 0.284 e. The van der Waals surface area contributed by atoms with Gasteiger partial charge in [0.15, 0.2) is 0 Å². The number of alkyl halides is 2. The maximum atomic E-state index is 12.0. The van der Waals surface area contributed by atoms with Gasteiger partial charge in [0.1, 0.15) is 11.5 Å². The zero-order chi connectivity index (χ0) is 13.9. The van der Waals surface area contributed by atoms with E-state index in [0.717, 1.165) is 38.4 Å². The maximum absolute atomic E-state index is 12.0. The van der Waals surface area contributed by atoms with Crippen molar-refractivity contribution >= 4 is 11.8 Å². The van der Waals surface area contributed by atoms with Crippen LogP contribution in [0.2, 0.25) is 0 Å². The molecule has 0 amide bonds. The van der Waals surface area contributed by atoms with E-state index in [4.69, 9.17) is 9.15 Å². The topological polar surface area (TPSA) is 34.4 Å². The molecule has 1 rings (SSSR count). The predicted octanol–water partition coefficient (Wildman–Crippen LogP) is 3.64. The minimum atomic E-state index is -2.35. The Morgan fingerprint density at radius 3 is 2.84 bits per heavy atom. The summed E-state index contributed by atoms with van der Waals surface area (Å²) in [6.45, 7) is 5.12. The number of furan rings is 1. The molecule has 3 nitrogen and oxygen atoms in total. The van der Waals surface area contributed by atoms with E-state index in [1.54, 1.807) is 6.07 Å². The summed E-state index contributed by atoms with van der Waals surface area (Å²) in [6.07, 6.45) is 1.99. The van der Waals surface area contributed by atoms with Gasteiger partial charge in [0.25, 0.3) is 5.76 Å². The maximum Gasteiger partial charge on any atom is 0.284 e. The summed E-state index contributed by atoms with van der Waals surface area (Å²) in [7, 11) is 0. The molecule has 0 fully saturated rings. The first kappa shape index (κ1) is 16.5. The third-order valence-electron chi connectivity index (χ3n) is 2.36. The van der Waals surface area contributed by atoms with Crippen molar-refractivity contribution in [2.75, 3.05) is 19.8 Å². The van der Waals surface area contributed by atoms with Crippen LogP contribution < -0.4 is 5.32 Å². The van der Waals surface area contributed by atoms with E-state index in [1.807, 2.05) is 6.07 Å². The molecule has 110 valence electrons. The summed E-state index contributed by atoms with van der Waals surface area (Å²) in [5, 5.41) is 3.23. The number of hydrogen-bond acceptors (Lipinski definition) is 4. The molecular formula is C13H21F2NO2S. The predicted molar refractivity (Wildman–Crippen MR) is 73.4 cm³/mol. The Kier molecular flexibility index (Phi) is 8.86. The lowest BCUT2D eigenvalue weighted by atomic mass is 10.4. The van der Waals surface area contributed by atoms with Gasteiger partial charge in [0.2, 0.25) is 0 Å². The molecule has 19 heavy (non-hydrogen) atoms. The van der Waals surface area contributed by atoms with Gasteiger partial charge in [-0.1, -0.05) is 18.7 Å². The number of halogens is 2. The second-order valence-electron chi connectivity index (χ2n) is 4.08. The van der Waals surface area contributed by atoms with Crippen LogP contribution in [0.15, 0.2) is 16.5 Å². The Labute approximate surface area is 117 Å². The van der Waals surface area contributed by atoms with Crippen LogP contribution in [0.25, 0.3) is 0 Å². The van der Waals surface area contributed by atoms with Gasteiger partial charge >= 0.3 is 0 Å². The van der Waals surface area contributed by atoms with Crippen LogP contribution in [0.3, 0.4) is 0 Å². The third kappa shape index (κ3) is 8.23. The quantitative estimate of drug-likeness (QED) is 0.632. The lowest BCUT2D eigenvalue weighted by Crippen LogP contribution is -2.16. The second kappa shape index (κ2) is 10.2. The molecule has 1 heterocycles. The molecule has 1 aromatic rings. The Morgan fingerprint density at radius 2 is 2.11 bits per heavy atom. The van der Waals surface area contributed by atoms with Crippen LogP contribution in [0.4, 0.5) is 8.78 Å². The Morgan fingerprint density at radius 1 is 1.32 bits per heavy atom. The van der Waals surface area contributed by atoms with E-state index in [2.05, 4.69) is 12.2 Å². The SMILES string of the molecule is CCCOCCCNCc1ccc(CSC(F)F)o1. The van der Waals surface area contributed by atoms with Crippen LogP contribution in [-0.4, -0.2) is 25.5 Å². The van der Waals surface area contributed by atoms with Crippen molar-refractivity contribution in [2.24, 2.45) is 0 Å². The van der Waals surface area contributed by atoms with Crippen molar-refractivity contribution in [3.8, 4) is 0 Å². The standard InChI is InChI=1S/C13H21F2NO2S/c1-2-7-17-8-3-6-16-9-11-4-5-12(18-11)10-19-13(14)15/h4-5,13,16H,2-3,6-10H2,1H3. The molecule has 1 N–H and O–H groups in total. The number of thioether (sulfide) groups is 1. The van der Waals surface area contributed by atoms with Crippen LogP contribution in [0.1, 0.15) is 31.3 Å². The zero-order valence-electron chi connectivity index (χ0n) is 11.2. The zero-order valence-corrected chi connectivity index (χ0v) is 12.0. The molecule has 6 heteroatoms. The van der Waals surface area contributed by atoms with Crippen LogP contribution in [-0.2, 0) is 17.0 Å². The van der Waals surface area contributed by atoms with Gasteiger partial charge < -0.3 is 14.5 Å². The average molecular weight is 293 g/mol. The monoisotopic (exact) mass is 293 g/mol. The lowest BCUT2D eigenvalue weighted by Gasteiger charge is -2.03. The van der Waals surface area contributed by atoms with Gasteiger partial charge in [-0.05, 0) is 31.5 Å². The molecule has 0 unspecified atom stereocenters. The molecule has 1 aromatic heterocycles. The second-order valence-corrected chi connectivity index (χ2v) is 5.06. The van der Waals surface area contributed by atoms with E-state index in [0.29, 0.717) is 24.1 Å². The molecule has 0 aliphatic heterocycles. The first-order valence-corrected chi connectivity index (χ1v) is 7.53. The fraction of sp³-hybridized carbons (Fsp3) is 0.692. The van der Waals surface area contributed by atoms with Crippen molar-refractivity contribution in [2.45, 2.75) is 37.8 Å². The van der Waals surface area contributed by atoms with Gasteiger partial charge in [0.05, 0.1) is 12.3 Å². The molecule has 0 saturated heterocycles.